The van der Waals surface area contributed by atoms with Gasteiger partial charge in [-0.25, -0.2) is 0 Å². The minimum Gasteiger partial charge on any atom is -0.376 e. The number of hydrogen-bond donors (Lipinski definition) is 1. The fraction of sp³-hybridized carbons (Fsp3) is 0.417. The Balaban J connectivity index is 1.96. The number of carbonyl (C=O) groups is 1. The van der Waals surface area contributed by atoms with E-state index in [9.17, 15) is 4.79 Å². The first kappa shape index (κ1) is 12.9. The van der Waals surface area contributed by atoms with Crippen molar-refractivity contribution in [3.63, 3.8) is 0 Å². The zero-order valence-electron chi connectivity index (χ0n) is 9.21. The molecule has 5 heteroatoms. The Morgan fingerprint density at radius 1 is 1.59 bits per heavy atom. The second-order valence-corrected chi connectivity index (χ2v) is 5.29. The molecule has 0 radical (unpaired) electrons. The van der Waals surface area contributed by atoms with Crippen LogP contribution in [0.4, 0.5) is 0 Å². The van der Waals surface area contributed by atoms with Crippen LogP contribution in [0.1, 0.15) is 23.2 Å². The first-order chi connectivity index (χ1) is 8.16. The van der Waals surface area contributed by atoms with Crippen LogP contribution < -0.4 is 5.32 Å². The van der Waals surface area contributed by atoms with Crippen molar-refractivity contribution in [2.75, 3.05) is 13.2 Å². The van der Waals surface area contributed by atoms with Crippen molar-refractivity contribution in [1.82, 2.24) is 5.32 Å². The molecule has 0 aliphatic carbocycles. The Morgan fingerprint density at radius 2 is 2.41 bits per heavy atom. The maximum Gasteiger partial charge on any atom is 0.252 e. The first-order valence-corrected chi connectivity index (χ1v) is 6.69. The van der Waals surface area contributed by atoms with E-state index in [1.807, 2.05) is 0 Å². The number of hydrogen-bond acceptors (Lipinski definition) is 2. The maximum absolute atomic E-state index is 11.9. The molecule has 1 aromatic carbocycles. The number of amides is 1. The minimum absolute atomic E-state index is 0.143. The van der Waals surface area contributed by atoms with E-state index in [1.165, 1.54) is 0 Å². The number of carbonyl (C=O) groups excluding carboxylic acids is 1. The van der Waals surface area contributed by atoms with Gasteiger partial charge in [-0.1, -0.05) is 27.5 Å². The smallest absolute Gasteiger partial charge is 0.252 e. The predicted octanol–water partition coefficient (Wildman–Crippen LogP) is 3.01. The van der Waals surface area contributed by atoms with Gasteiger partial charge in [0.15, 0.2) is 0 Å². The molecule has 1 aromatic rings. The summed E-state index contributed by atoms with van der Waals surface area (Å²) in [5, 5.41) is 3.30. The summed E-state index contributed by atoms with van der Waals surface area (Å²) in [7, 11) is 0. The molecule has 1 fully saturated rings. The third-order valence-corrected chi connectivity index (χ3v) is 3.51. The van der Waals surface area contributed by atoms with Gasteiger partial charge in [0, 0.05) is 17.6 Å². The van der Waals surface area contributed by atoms with Crippen LogP contribution in [0, 0.1) is 0 Å². The Hall–Kier alpha value is -0.580. The molecule has 0 bridgehead atoms. The monoisotopic (exact) mass is 317 g/mol. The first-order valence-electron chi connectivity index (χ1n) is 5.51. The van der Waals surface area contributed by atoms with E-state index < -0.39 is 0 Å². The maximum atomic E-state index is 11.9. The molecule has 2 rings (SSSR count). The van der Waals surface area contributed by atoms with E-state index in [4.69, 9.17) is 16.3 Å². The summed E-state index contributed by atoms with van der Waals surface area (Å²) in [6.45, 7) is 1.33. The SMILES string of the molecule is O=C(NC[C@@H]1CCCO1)c1cc(Br)ccc1Cl. The number of halogens is 2. The van der Waals surface area contributed by atoms with E-state index in [0.717, 1.165) is 23.9 Å². The lowest BCUT2D eigenvalue weighted by Gasteiger charge is -2.11. The average molecular weight is 319 g/mol. The molecule has 1 aliphatic rings. The largest absolute Gasteiger partial charge is 0.376 e. The number of rotatable bonds is 3. The Labute approximate surface area is 114 Å². The molecule has 0 saturated carbocycles. The second kappa shape index (κ2) is 5.85. The van der Waals surface area contributed by atoms with Crippen LogP contribution in [0.25, 0.3) is 0 Å². The van der Waals surface area contributed by atoms with Crippen molar-refractivity contribution in [1.29, 1.82) is 0 Å². The van der Waals surface area contributed by atoms with Gasteiger partial charge in [-0.2, -0.15) is 0 Å². The Morgan fingerprint density at radius 3 is 3.12 bits per heavy atom. The van der Waals surface area contributed by atoms with E-state index in [1.54, 1.807) is 18.2 Å². The van der Waals surface area contributed by atoms with Gasteiger partial charge in [-0.3, -0.25) is 4.79 Å². The van der Waals surface area contributed by atoms with Gasteiger partial charge < -0.3 is 10.1 Å². The van der Waals surface area contributed by atoms with Gasteiger partial charge in [0.1, 0.15) is 0 Å². The molecule has 0 aromatic heterocycles. The van der Waals surface area contributed by atoms with Crippen LogP contribution in [0.2, 0.25) is 5.02 Å². The summed E-state index contributed by atoms with van der Waals surface area (Å²) in [6, 6.07) is 5.22. The van der Waals surface area contributed by atoms with Gasteiger partial charge >= 0.3 is 0 Å². The van der Waals surface area contributed by atoms with Crippen LogP contribution in [0.3, 0.4) is 0 Å². The van der Waals surface area contributed by atoms with Crippen LogP contribution in [-0.2, 0) is 4.74 Å². The van der Waals surface area contributed by atoms with Crippen LogP contribution >= 0.6 is 27.5 Å². The van der Waals surface area contributed by atoms with Crippen LogP contribution in [0.5, 0.6) is 0 Å². The third kappa shape index (κ3) is 3.44. The summed E-state index contributed by atoms with van der Waals surface area (Å²) < 4.78 is 6.27. The number of nitrogens with one attached hydrogen (secondary N) is 1. The van der Waals surface area contributed by atoms with Crippen molar-refractivity contribution in [2.24, 2.45) is 0 Å². The zero-order chi connectivity index (χ0) is 12.3. The quantitative estimate of drug-likeness (QED) is 0.930. The van der Waals surface area contributed by atoms with Crippen molar-refractivity contribution in [3.8, 4) is 0 Å². The van der Waals surface area contributed by atoms with Crippen LogP contribution in [-0.4, -0.2) is 25.2 Å². The van der Waals surface area contributed by atoms with E-state index >= 15 is 0 Å². The van der Waals surface area contributed by atoms with Crippen molar-refractivity contribution >= 4 is 33.4 Å². The van der Waals surface area contributed by atoms with Crippen LogP contribution in [0.15, 0.2) is 22.7 Å². The molecule has 3 nitrogen and oxygen atoms in total. The normalized spacial score (nSPS) is 19.3. The molecule has 1 N–H and O–H groups in total. The highest BCUT2D eigenvalue weighted by Gasteiger charge is 2.17. The summed E-state index contributed by atoms with van der Waals surface area (Å²) in [5.74, 6) is -0.160. The highest BCUT2D eigenvalue weighted by atomic mass is 79.9. The van der Waals surface area contributed by atoms with E-state index in [2.05, 4.69) is 21.2 Å². The highest BCUT2D eigenvalue weighted by Crippen LogP contribution is 2.21. The van der Waals surface area contributed by atoms with Gasteiger partial charge in [0.2, 0.25) is 0 Å². The summed E-state index contributed by atoms with van der Waals surface area (Å²) in [4.78, 5) is 11.9. The molecular formula is C12H13BrClNO2. The van der Waals surface area contributed by atoms with Gasteiger partial charge in [-0.05, 0) is 31.0 Å². The standard InChI is InChI=1S/C12H13BrClNO2/c13-8-3-4-11(14)10(6-8)12(16)15-7-9-2-1-5-17-9/h3-4,6,9H,1-2,5,7H2,(H,15,16)/t9-/m0/s1. The fourth-order valence-corrected chi connectivity index (χ4v) is 2.34. The van der Waals surface area contributed by atoms with E-state index in [-0.39, 0.29) is 12.0 Å². The second-order valence-electron chi connectivity index (χ2n) is 3.97. The molecule has 1 saturated heterocycles. The summed E-state index contributed by atoms with van der Waals surface area (Å²) in [5.41, 5.74) is 0.485. The number of ether oxygens (including phenoxy) is 1. The van der Waals surface area contributed by atoms with Crippen molar-refractivity contribution in [3.05, 3.63) is 33.3 Å². The minimum atomic E-state index is -0.160. The summed E-state index contributed by atoms with van der Waals surface area (Å²) in [6.07, 6.45) is 2.22. The lowest BCUT2D eigenvalue weighted by Crippen LogP contribution is -2.31. The highest BCUT2D eigenvalue weighted by molar-refractivity contribution is 9.10. The number of benzene rings is 1. The third-order valence-electron chi connectivity index (χ3n) is 2.69. The lowest BCUT2D eigenvalue weighted by atomic mass is 10.2. The van der Waals surface area contributed by atoms with Gasteiger partial charge in [0.25, 0.3) is 5.91 Å². The van der Waals surface area contributed by atoms with Crippen molar-refractivity contribution < 1.29 is 9.53 Å². The summed E-state index contributed by atoms with van der Waals surface area (Å²) >= 11 is 9.29. The molecule has 0 unspecified atom stereocenters. The molecule has 0 spiro atoms. The molecule has 1 amide bonds. The lowest BCUT2D eigenvalue weighted by molar-refractivity contribution is 0.0858. The Bertz CT molecular complexity index is 419. The fourth-order valence-electron chi connectivity index (χ4n) is 1.78. The van der Waals surface area contributed by atoms with Gasteiger partial charge in [-0.15, -0.1) is 0 Å². The average Bonchev–Trinajstić information content (AvgIpc) is 2.82. The van der Waals surface area contributed by atoms with Gasteiger partial charge in [0.05, 0.1) is 16.7 Å². The van der Waals surface area contributed by atoms with Crippen molar-refractivity contribution in [2.45, 2.75) is 18.9 Å². The molecule has 1 aliphatic heterocycles. The molecular weight excluding hydrogens is 305 g/mol. The predicted molar refractivity (Wildman–Crippen MR) is 70.5 cm³/mol. The molecule has 1 atom stereocenters. The molecule has 1 heterocycles. The van der Waals surface area contributed by atoms with E-state index in [0.29, 0.717) is 17.1 Å². The molecule has 92 valence electrons. The Kier molecular flexibility index (Phi) is 4.42. The zero-order valence-corrected chi connectivity index (χ0v) is 11.6. The molecule has 17 heavy (non-hydrogen) atoms. The topological polar surface area (TPSA) is 38.3 Å².